The molecule has 0 aliphatic rings. The van der Waals surface area contributed by atoms with E-state index in [4.69, 9.17) is 0 Å². The Bertz CT molecular complexity index is 2110. The minimum Gasteiger partial charge on any atom is -0.338 e. The number of Topliss-reactive ketones (excluding diaryl/α,β-unsaturated/α-hetero) is 1. The summed E-state index contributed by atoms with van der Waals surface area (Å²) in [6.07, 6.45) is 5.49. The predicted octanol–water partition coefficient (Wildman–Crippen LogP) is 7.28. The van der Waals surface area contributed by atoms with E-state index >= 15 is 0 Å². The van der Waals surface area contributed by atoms with Crippen LogP contribution >= 0.6 is 11.3 Å². The third-order valence-electron chi connectivity index (χ3n) is 7.13. The third-order valence-corrected chi connectivity index (χ3v) is 8.35. The van der Waals surface area contributed by atoms with Gasteiger partial charge in [0, 0.05) is 39.2 Å². The molecule has 42 heavy (non-hydrogen) atoms. The lowest BCUT2D eigenvalue weighted by Gasteiger charge is -2.08. The van der Waals surface area contributed by atoms with Crippen LogP contribution in [0.2, 0.25) is 0 Å². The number of pyridine rings is 2. The molecule has 0 saturated heterocycles. The molecule has 8 nitrogen and oxygen atoms in total. The van der Waals surface area contributed by atoms with Crippen molar-refractivity contribution in [2.24, 2.45) is 0 Å². The van der Waals surface area contributed by atoms with Gasteiger partial charge < -0.3 is 10.3 Å². The van der Waals surface area contributed by atoms with E-state index in [9.17, 15) is 9.59 Å². The molecule has 7 rings (SSSR count). The molecule has 0 aliphatic heterocycles. The first kappa shape index (κ1) is 25.6. The minimum atomic E-state index is -0.0976. The van der Waals surface area contributed by atoms with Gasteiger partial charge in [0.1, 0.15) is 11.3 Å². The van der Waals surface area contributed by atoms with Crippen LogP contribution in [0.4, 0.5) is 5.69 Å². The summed E-state index contributed by atoms with van der Waals surface area (Å²) in [5.74, 6) is -0.0417. The Morgan fingerprint density at radius 2 is 1.79 bits per heavy atom. The number of hydrogen-bond acceptors (Lipinski definition) is 6. The smallest absolute Gasteiger partial charge is 0.228 e. The van der Waals surface area contributed by atoms with Crippen LogP contribution in [0.15, 0.2) is 97.5 Å². The summed E-state index contributed by atoms with van der Waals surface area (Å²) in [5, 5.41) is 12.6. The fourth-order valence-electron chi connectivity index (χ4n) is 5.09. The zero-order valence-corrected chi connectivity index (χ0v) is 23.3. The van der Waals surface area contributed by atoms with Crippen molar-refractivity contribution in [1.29, 1.82) is 0 Å². The maximum Gasteiger partial charge on any atom is 0.228 e. The first-order valence-corrected chi connectivity index (χ1v) is 14.2. The molecule has 0 unspecified atom stereocenters. The minimum absolute atomic E-state index is 0.0559. The largest absolute Gasteiger partial charge is 0.338 e. The molecule has 1 amide bonds. The molecule has 0 fully saturated rings. The molecule has 2 aromatic carbocycles. The molecule has 0 aliphatic carbocycles. The summed E-state index contributed by atoms with van der Waals surface area (Å²) >= 11 is 1.48. The van der Waals surface area contributed by atoms with Crippen molar-refractivity contribution in [2.45, 2.75) is 13.3 Å². The number of H-pyrrole nitrogens is 2. The van der Waals surface area contributed by atoms with Crippen LogP contribution in [0.1, 0.15) is 22.2 Å². The van der Waals surface area contributed by atoms with Crippen LogP contribution < -0.4 is 5.32 Å². The third kappa shape index (κ3) is 4.86. The van der Waals surface area contributed by atoms with Crippen molar-refractivity contribution in [3.63, 3.8) is 0 Å². The van der Waals surface area contributed by atoms with Crippen molar-refractivity contribution in [2.75, 3.05) is 5.32 Å². The number of fused-ring (bicyclic) bond motifs is 2. The Kier molecular flexibility index (Phi) is 6.41. The SMILES string of the molecule is CC(=O)c1ccc(-c2ccnc3[nH]c(-c4n[nH]c5ccc(-c6cncc(NC(=O)Cc7ccccc7)c6)cc45)cc23)s1. The van der Waals surface area contributed by atoms with Crippen molar-refractivity contribution >= 4 is 50.7 Å². The average molecular weight is 569 g/mol. The second-order valence-corrected chi connectivity index (χ2v) is 11.1. The topological polar surface area (TPSA) is 116 Å². The van der Waals surface area contributed by atoms with Crippen LogP contribution in [0.3, 0.4) is 0 Å². The first-order chi connectivity index (χ1) is 20.5. The van der Waals surface area contributed by atoms with Crippen LogP contribution in [0, 0.1) is 0 Å². The van der Waals surface area contributed by atoms with Crippen molar-refractivity contribution in [3.8, 4) is 33.0 Å². The number of thiophene rings is 1. The van der Waals surface area contributed by atoms with E-state index in [0.29, 0.717) is 12.1 Å². The molecule has 0 bridgehead atoms. The number of nitrogens with one attached hydrogen (secondary N) is 3. The molecule has 0 spiro atoms. The highest BCUT2D eigenvalue weighted by atomic mass is 32.1. The predicted molar refractivity (Wildman–Crippen MR) is 167 cm³/mol. The highest BCUT2D eigenvalue weighted by Crippen LogP contribution is 2.37. The van der Waals surface area contributed by atoms with Crippen molar-refractivity contribution < 1.29 is 9.59 Å². The Morgan fingerprint density at radius 3 is 2.62 bits per heavy atom. The molecule has 204 valence electrons. The molecule has 7 aromatic rings. The van der Waals surface area contributed by atoms with E-state index in [2.05, 4.69) is 42.6 Å². The van der Waals surface area contributed by atoms with Crippen LogP contribution in [0.25, 0.3) is 54.9 Å². The Morgan fingerprint density at radius 1 is 0.905 bits per heavy atom. The number of benzene rings is 2. The molecule has 5 aromatic heterocycles. The summed E-state index contributed by atoms with van der Waals surface area (Å²) < 4.78 is 0. The van der Waals surface area contributed by atoms with Gasteiger partial charge in [0.2, 0.25) is 5.91 Å². The Labute approximate surface area is 244 Å². The molecule has 0 radical (unpaired) electrons. The van der Waals surface area contributed by atoms with E-state index < -0.39 is 0 Å². The summed E-state index contributed by atoms with van der Waals surface area (Å²) in [6.45, 7) is 1.58. The number of aromatic amines is 2. The van der Waals surface area contributed by atoms with Gasteiger partial charge in [-0.1, -0.05) is 36.4 Å². The van der Waals surface area contributed by atoms with Crippen LogP contribution in [0.5, 0.6) is 0 Å². The van der Waals surface area contributed by atoms with E-state index in [0.717, 1.165) is 65.3 Å². The summed E-state index contributed by atoms with van der Waals surface area (Å²) in [4.78, 5) is 38.6. The Balaban J connectivity index is 1.21. The lowest BCUT2D eigenvalue weighted by molar-refractivity contribution is -0.115. The summed E-state index contributed by atoms with van der Waals surface area (Å²) in [6, 6.07) is 25.5. The van der Waals surface area contributed by atoms with Gasteiger partial charge in [0.05, 0.1) is 34.4 Å². The molecule has 5 heterocycles. The number of amides is 1. The zero-order chi connectivity index (χ0) is 28.6. The number of rotatable bonds is 7. The maximum absolute atomic E-state index is 12.6. The molecular formula is C33H24N6O2S. The quantitative estimate of drug-likeness (QED) is 0.175. The summed E-state index contributed by atoms with van der Waals surface area (Å²) in [5.41, 5.74) is 7.66. The van der Waals surface area contributed by atoms with Gasteiger partial charge in [-0.2, -0.15) is 5.10 Å². The molecular weight excluding hydrogens is 544 g/mol. The van der Waals surface area contributed by atoms with Gasteiger partial charge in [0.25, 0.3) is 0 Å². The van der Waals surface area contributed by atoms with Gasteiger partial charge in [-0.25, -0.2) is 4.98 Å². The number of carbonyl (C=O) groups is 2. The zero-order valence-electron chi connectivity index (χ0n) is 22.5. The van der Waals surface area contributed by atoms with E-state index in [-0.39, 0.29) is 11.7 Å². The molecule has 0 atom stereocenters. The standard InChI is InChI=1S/C33H24N6O2S/c1-19(40)29-9-10-30(42-29)24-11-12-35-33-25(24)16-28(37-33)32-26-15-21(7-8-27(26)38-39-32)22-14-23(18-34-17-22)36-31(41)13-20-5-3-2-4-6-20/h2-12,14-18H,13H2,1H3,(H,35,37)(H,36,41)(H,38,39). The number of anilines is 1. The van der Waals surface area contributed by atoms with E-state index in [1.807, 2.05) is 66.7 Å². The monoisotopic (exact) mass is 568 g/mol. The van der Waals surface area contributed by atoms with Gasteiger partial charge in [-0.3, -0.25) is 19.7 Å². The second-order valence-electron chi connectivity index (χ2n) is 10.0. The number of hydrogen-bond donors (Lipinski definition) is 3. The number of carbonyl (C=O) groups excluding carboxylic acids is 2. The lowest BCUT2D eigenvalue weighted by atomic mass is 10.0. The van der Waals surface area contributed by atoms with Gasteiger partial charge in [0.15, 0.2) is 5.78 Å². The lowest BCUT2D eigenvalue weighted by Crippen LogP contribution is -2.14. The van der Waals surface area contributed by atoms with E-state index in [1.165, 1.54) is 11.3 Å². The highest BCUT2D eigenvalue weighted by Gasteiger charge is 2.16. The molecule has 9 heteroatoms. The van der Waals surface area contributed by atoms with Gasteiger partial charge in [-0.05, 0) is 60.5 Å². The van der Waals surface area contributed by atoms with Crippen LogP contribution in [-0.4, -0.2) is 36.8 Å². The fraction of sp³-hybridized carbons (Fsp3) is 0.0606. The highest BCUT2D eigenvalue weighted by molar-refractivity contribution is 7.17. The van der Waals surface area contributed by atoms with Crippen molar-refractivity contribution in [1.82, 2.24) is 25.1 Å². The number of aromatic nitrogens is 5. The van der Waals surface area contributed by atoms with E-state index in [1.54, 1.807) is 25.5 Å². The van der Waals surface area contributed by atoms with Crippen LogP contribution in [-0.2, 0) is 11.2 Å². The molecule has 0 saturated carbocycles. The van der Waals surface area contributed by atoms with Crippen molar-refractivity contribution in [3.05, 3.63) is 108 Å². The maximum atomic E-state index is 12.6. The van der Waals surface area contributed by atoms with Gasteiger partial charge >= 0.3 is 0 Å². The average Bonchev–Trinajstić information content (AvgIpc) is 3.75. The second kappa shape index (κ2) is 10.5. The van der Waals surface area contributed by atoms with Gasteiger partial charge in [-0.15, -0.1) is 11.3 Å². The fourth-order valence-corrected chi connectivity index (χ4v) is 6.03. The molecule has 3 N–H and O–H groups in total. The summed E-state index contributed by atoms with van der Waals surface area (Å²) in [7, 11) is 0. The normalized spacial score (nSPS) is 11.3. The Hall–Kier alpha value is -5.41. The first-order valence-electron chi connectivity index (χ1n) is 13.4. The number of nitrogens with zero attached hydrogens (tertiary/aromatic N) is 3. The number of ketones is 1.